The van der Waals surface area contributed by atoms with Crippen molar-refractivity contribution in [2.24, 2.45) is 0 Å². The summed E-state index contributed by atoms with van der Waals surface area (Å²) in [6.45, 7) is 2.40. The van der Waals surface area contributed by atoms with E-state index in [-0.39, 0.29) is 5.91 Å². The molecule has 1 aliphatic rings. The van der Waals surface area contributed by atoms with Crippen molar-refractivity contribution in [3.8, 4) is 0 Å². The molecule has 2 rings (SSSR count). The van der Waals surface area contributed by atoms with Gasteiger partial charge in [0.05, 0.1) is 19.1 Å². The molecule has 1 fully saturated rings. The Balaban J connectivity index is 1.73. The fraction of sp³-hybridized carbons (Fsp3) is 0.562. The maximum atomic E-state index is 11.9. The quantitative estimate of drug-likeness (QED) is 0.811. The number of carbonyl (C=O) groups excluding carboxylic acids is 1. The van der Waals surface area contributed by atoms with Crippen LogP contribution in [0.4, 0.5) is 11.4 Å². The van der Waals surface area contributed by atoms with Gasteiger partial charge in [-0.3, -0.25) is 4.79 Å². The van der Waals surface area contributed by atoms with E-state index in [1.165, 1.54) is 19.3 Å². The number of hydrogen-bond donors (Lipinski definition) is 2. The third-order valence-electron chi connectivity index (χ3n) is 3.88. The molecule has 1 saturated carbocycles. The number of hydrogen-bond acceptors (Lipinski definition) is 3. The molecule has 0 saturated heterocycles. The molecule has 0 atom stereocenters. The van der Waals surface area contributed by atoms with Crippen molar-refractivity contribution in [3.63, 3.8) is 0 Å². The molecule has 0 radical (unpaired) electrons. The van der Waals surface area contributed by atoms with Gasteiger partial charge in [-0.25, -0.2) is 0 Å². The molecule has 0 aliphatic heterocycles. The first-order valence-corrected chi connectivity index (χ1v) is 7.43. The van der Waals surface area contributed by atoms with Crippen LogP contribution in [0, 0.1) is 6.92 Å². The first-order valence-electron chi connectivity index (χ1n) is 7.43. The Morgan fingerprint density at radius 1 is 1.35 bits per heavy atom. The lowest BCUT2D eigenvalue weighted by Gasteiger charge is -2.21. The molecule has 4 nitrogen and oxygen atoms in total. The van der Waals surface area contributed by atoms with E-state index in [2.05, 4.69) is 5.32 Å². The molecule has 20 heavy (non-hydrogen) atoms. The second-order valence-electron chi connectivity index (χ2n) is 5.45. The summed E-state index contributed by atoms with van der Waals surface area (Å²) >= 11 is 0. The minimum absolute atomic E-state index is 0.0190. The van der Waals surface area contributed by atoms with Crippen LogP contribution in [-0.2, 0) is 9.53 Å². The van der Waals surface area contributed by atoms with Gasteiger partial charge in [0.1, 0.15) is 0 Å². The van der Waals surface area contributed by atoms with E-state index in [0.717, 1.165) is 24.1 Å². The Labute approximate surface area is 120 Å². The molecular weight excluding hydrogens is 252 g/mol. The predicted octanol–water partition coefficient (Wildman–Crippen LogP) is 3.26. The van der Waals surface area contributed by atoms with Crippen LogP contribution in [0.5, 0.6) is 0 Å². The summed E-state index contributed by atoms with van der Waals surface area (Å²) in [6, 6.07) is 5.54. The average molecular weight is 276 g/mol. The van der Waals surface area contributed by atoms with E-state index < -0.39 is 0 Å². The molecule has 0 spiro atoms. The summed E-state index contributed by atoms with van der Waals surface area (Å²) < 4.78 is 5.76. The van der Waals surface area contributed by atoms with E-state index in [4.69, 9.17) is 10.5 Å². The maximum absolute atomic E-state index is 11.9. The van der Waals surface area contributed by atoms with Crippen LogP contribution in [0.2, 0.25) is 0 Å². The lowest BCUT2D eigenvalue weighted by atomic mass is 9.98. The number of rotatable bonds is 5. The van der Waals surface area contributed by atoms with Gasteiger partial charge in [-0.2, -0.15) is 0 Å². The molecular formula is C16H24N2O2. The van der Waals surface area contributed by atoms with Crippen LogP contribution in [0.1, 0.15) is 44.1 Å². The summed E-state index contributed by atoms with van der Waals surface area (Å²) in [7, 11) is 0. The number of carbonyl (C=O) groups is 1. The van der Waals surface area contributed by atoms with E-state index in [1.54, 1.807) is 0 Å². The maximum Gasteiger partial charge on any atom is 0.226 e. The number of anilines is 2. The molecule has 4 heteroatoms. The highest BCUT2D eigenvalue weighted by atomic mass is 16.5. The Kier molecular flexibility index (Phi) is 5.41. The van der Waals surface area contributed by atoms with Gasteiger partial charge < -0.3 is 15.8 Å². The van der Waals surface area contributed by atoms with Crippen LogP contribution in [0.3, 0.4) is 0 Å². The van der Waals surface area contributed by atoms with Gasteiger partial charge in [0.15, 0.2) is 0 Å². The van der Waals surface area contributed by atoms with Gasteiger partial charge in [0.2, 0.25) is 5.91 Å². The third-order valence-corrected chi connectivity index (χ3v) is 3.88. The fourth-order valence-electron chi connectivity index (χ4n) is 2.55. The van der Waals surface area contributed by atoms with Crippen LogP contribution in [0.25, 0.3) is 0 Å². The summed E-state index contributed by atoms with van der Waals surface area (Å²) in [5.74, 6) is -0.0190. The Hall–Kier alpha value is -1.55. The highest BCUT2D eigenvalue weighted by Crippen LogP contribution is 2.21. The lowest BCUT2D eigenvalue weighted by Crippen LogP contribution is -2.20. The van der Waals surface area contributed by atoms with E-state index in [1.807, 2.05) is 25.1 Å². The second kappa shape index (κ2) is 7.29. The van der Waals surface area contributed by atoms with Crippen LogP contribution >= 0.6 is 0 Å². The molecule has 3 N–H and O–H groups in total. The Morgan fingerprint density at radius 2 is 2.10 bits per heavy atom. The average Bonchev–Trinajstić information content (AvgIpc) is 2.45. The van der Waals surface area contributed by atoms with Crippen molar-refractivity contribution in [2.45, 2.75) is 51.6 Å². The molecule has 1 aromatic rings. The zero-order chi connectivity index (χ0) is 14.4. The third kappa shape index (κ3) is 4.23. The van der Waals surface area contributed by atoms with Crippen molar-refractivity contribution in [1.29, 1.82) is 0 Å². The SMILES string of the molecule is Cc1c(N)cccc1NC(=O)CCOC1CCCCC1. The highest BCUT2D eigenvalue weighted by molar-refractivity contribution is 5.92. The second-order valence-corrected chi connectivity index (χ2v) is 5.45. The Bertz CT molecular complexity index is 454. The number of amides is 1. The van der Waals surface area contributed by atoms with Gasteiger partial charge in [-0.15, -0.1) is 0 Å². The lowest BCUT2D eigenvalue weighted by molar-refractivity contribution is -0.117. The predicted molar refractivity (Wildman–Crippen MR) is 81.7 cm³/mol. The monoisotopic (exact) mass is 276 g/mol. The molecule has 110 valence electrons. The molecule has 0 heterocycles. The normalized spacial score (nSPS) is 16.1. The summed E-state index contributed by atoms with van der Waals surface area (Å²) in [6.07, 6.45) is 6.83. The number of nitrogen functional groups attached to an aromatic ring is 1. The molecule has 0 bridgehead atoms. The number of ether oxygens (including phenoxy) is 1. The molecule has 0 unspecified atom stereocenters. The van der Waals surface area contributed by atoms with Crippen LogP contribution < -0.4 is 11.1 Å². The first kappa shape index (κ1) is 14.9. The molecule has 0 aromatic heterocycles. The summed E-state index contributed by atoms with van der Waals surface area (Å²) in [4.78, 5) is 11.9. The largest absolute Gasteiger partial charge is 0.398 e. The molecule has 1 aromatic carbocycles. The van der Waals surface area contributed by atoms with Gasteiger partial charge in [0, 0.05) is 11.4 Å². The van der Waals surface area contributed by atoms with Gasteiger partial charge in [-0.1, -0.05) is 25.3 Å². The van der Waals surface area contributed by atoms with Crippen molar-refractivity contribution >= 4 is 17.3 Å². The topological polar surface area (TPSA) is 64.3 Å². The van der Waals surface area contributed by atoms with E-state index >= 15 is 0 Å². The zero-order valence-corrected chi connectivity index (χ0v) is 12.2. The van der Waals surface area contributed by atoms with Gasteiger partial charge in [0.25, 0.3) is 0 Å². The van der Waals surface area contributed by atoms with Crippen molar-refractivity contribution in [3.05, 3.63) is 23.8 Å². The first-order chi connectivity index (χ1) is 9.66. The molecule has 1 aliphatic carbocycles. The highest BCUT2D eigenvalue weighted by Gasteiger charge is 2.14. The van der Waals surface area contributed by atoms with Crippen molar-refractivity contribution in [1.82, 2.24) is 0 Å². The number of benzene rings is 1. The van der Waals surface area contributed by atoms with Crippen molar-refractivity contribution in [2.75, 3.05) is 17.7 Å². The standard InChI is InChI=1S/C16H24N2O2/c1-12-14(17)8-5-9-15(12)18-16(19)10-11-20-13-6-3-2-4-7-13/h5,8-9,13H,2-4,6-7,10-11,17H2,1H3,(H,18,19). The minimum atomic E-state index is -0.0190. The van der Waals surface area contributed by atoms with E-state index in [9.17, 15) is 4.79 Å². The Morgan fingerprint density at radius 3 is 2.85 bits per heavy atom. The minimum Gasteiger partial charge on any atom is -0.398 e. The number of nitrogens with one attached hydrogen (secondary N) is 1. The zero-order valence-electron chi connectivity index (χ0n) is 12.2. The van der Waals surface area contributed by atoms with Crippen LogP contribution in [0.15, 0.2) is 18.2 Å². The molecule has 1 amide bonds. The van der Waals surface area contributed by atoms with Crippen LogP contribution in [-0.4, -0.2) is 18.6 Å². The smallest absolute Gasteiger partial charge is 0.226 e. The van der Waals surface area contributed by atoms with E-state index in [0.29, 0.717) is 24.8 Å². The van der Waals surface area contributed by atoms with Gasteiger partial charge >= 0.3 is 0 Å². The fourth-order valence-corrected chi connectivity index (χ4v) is 2.55. The summed E-state index contributed by atoms with van der Waals surface area (Å²) in [5.41, 5.74) is 8.21. The summed E-state index contributed by atoms with van der Waals surface area (Å²) in [5, 5.41) is 2.89. The van der Waals surface area contributed by atoms with Gasteiger partial charge in [-0.05, 0) is 37.5 Å². The van der Waals surface area contributed by atoms with Crippen molar-refractivity contribution < 1.29 is 9.53 Å². The number of nitrogens with two attached hydrogens (primary N) is 1.